The van der Waals surface area contributed by atoms with Crippen LogP contribution in [-0.4, -0.2) is 57.0 Å². The number of likely N-dealkylation sites (tertiary alicyclic amines) is 1. The second-order valence-corrected chi connectivity index (χ2v) is 7.11. The number of ether oxygens (including phenoxy) is 1. The van der Waals surface area contributed by atoms with Crippen LogP contribution in [0.5, 0.6) is 5.75 Å². The maximum absolute atomic E-state index is 12.3. The Kier molecular flexibility index (Phi) is 5.90. The van der Waals surface area contributed by atoms with E-state index in [1.807, 2.05) is 11.9 Å². The van der Waals surface area contributed by atoms with Gasteiger partial charge < -0.3 is 19.9 Å². The first-order valence-electron chi connectivity index (χ1n) is 9.50. The first kappa shape index (κ1) is 21.5. The Bertz CT molecular complexity index is 1060. The van der Waals surface area contributed by atoms with E-state index >= 15 is 0 Å². The molecule has 10 nitrogen and oxygen atoms in total. The van der Waals surface area contributed by atoms with Gasteiger partial charge in [-0.15, -0.1) is 13.2 Å². The van der Waals surface area contributed by atoms with Gasteiger partial charge in [-0.25, -0.2) is 9.78 Å². The standard InChI is InChI=1S/C19H18F3N7O3/c1-29-10-12(8-15(29)17-27-16(28-32-17)14-9-23-6-7-24-14)26-18(30)25-11-2-4-13(5-3-11)31-19(20,21)22/h2-7,9,12,15H,8,10H2,1H3,(H2,25,26,30). The van der Waals surface area contributed by atoms with Crippen molar-refractivity contribution in [3.05, 3.63) is 48.7 Å². The summed E-state index contributed by atoms with van der Waals surface area (Å²) >= 11 is 0. The van der Waals surface area contributed by atoms with Crippen LogP contribution in [0.3, 0.4) is 0 Å². The van der Waals surface area contributed by atoms with Crippen molar-refractivity contribution in [2.24, 2.45) is 0 Å². The minimum atomic E-state index is -4.77. The number of carbonyl (C=O) groups excluding carboxylic acids is 1. The maximum Gasteiger partial charge on any atom is 0.573 e. The topological polar surface area (TPSA) is 118 Å². The third kappa shape index (κ3) is 5.29. The Morgan fingerprint density at radius 3 is 2.72 bits per heavy atom. The fraction of sp³-hybridized carbons (Fsp3) is 0.316. The van der Waals surface area contributed by atoms with Crippen LogP contribution < -0.4 is 15.4 Å². The number of alkyl halides is 3. The lowest BCUT2D eigenvalue weighted by Crippen LogP contribution is -2.39. The summed E-state index contributed by atoms with van der Waals surface area (Å²) in [5.41, 5.74) is 0.814. The van der Waals surface area contributed by atoms with Gasteiger partial charge in [-0.2, -0.15) is 4.98 Å². The molecule has 2 N–H and O–H groups in total. The zero-order chi connectivity index (χ0) is 22.7. The highest BCUT2D eigenvalue weighted by molar-refractivity contribution is 5.89. The first-order chi connectivity index (χ1) is 15.3. The van der Waals surface area contributed by atoms with Crippen molar-refractivity contribution in [3.63, 3.8) is 0 Å². The number of urea groups is 1. The van der Waals surface area contributed by atoms with E-state index in [9.17, 15) is 18.0 Å². The second kappa shape index (κ2) is 8.78. The van der Waals surface area contributed by atoms with Crippen LogP contribution >= 0.6 is 0 Å². The van der Waals surface area contributed by atoms with E-state index in [1.54, 1.807) is 6.20 Å². The molecule has 1 fully saturated rings. The van der Waals surface area contributed by atoms with Gasteiger partial charge in [-0.1, -0.05) is 5.16 Å². The van der Waals surface area contributed by atoms with Crippen LogP contribution in [0.1, 0.15) is 18.4 Å². The molecule has 0 aliphatic carbocycles. The number of halogens is 3. The predicted molar refractivity (Wildman–Crippen MR) is 104 cm³/mol. The van der Waals surface area contributed by atoms with Gasteiger partial charge in [0.05, 0.1) is 12.2 Å². The largest absolute Gasteiger partial charge is 0.573 e. The number of aromatic nitrogens is 4. The molecule has 0 saturated carbocycles. The quantitative estimate of drug-likeness (QED) is 0.610. The first-order valence-corrected chi connectivity index (χ1v) is 9.50. The Labute approximate surface area is 179 Å². The Morgan fingerprint density at radius 2 is 2.03 bits per heavy atom. The molecule has 2 unspecified atom stereocenters. The van der Waals surface area contributed by atoms with Gasteiger partial charge in [0, 0.05) is 30.7 Å². The van der Waals surface area contributed by atoms with E-state index in [0.717, 1.165) is 12.1 Å². The number of amides is 2. The lowest BCUT2D eigenvalue weighted by Gasteiger charge is -2.14. The summed E-state index contributed by atoms with van der Waals surface area (Å²) < 4.78 is 45.9. The molecule has 168 valence electrons. The van der Waals surface area contributed by atoms with E-state index in [2.05, 4.69) is 35.5 Å². The second-order valence-electron chi connectivity index (χ2n) is 7.11. The Hall–Kier alpha value is -3.74. The highest BCUT2D eigenvalue weighted by Gasteiger charge is 2.35. The van der Waals surface area contributed by atoms with Crippen LogP contribution in [0.2, 0.25) is 0 Å². The van der Waals surface area contributed by atoms with Crippen LogP contribution in [0, 0.1) is 0 Å². The molecule has 2 amide bonds. The van der Waals surface area contributed by atoms with Crippen LogP contribution in [0.25, 0.3) is 11.5 Å². The van der Waals surface area contributed by atoms with Crippen molar-refractivity contribution in [2.45, 2.75) is 24.9 Å². The fourth-order valence-electron chi connectivity index (χ4n) is 3.37. The number of nitrogens with one attached hydrogen (secondary N) is 2. The van der Waals surface area contributed by atoms with Crippen LogP contribution in [-0.2, 0) is 0 Å². The molecule has 2 aromatic heterocycles. The van der Waals surface area contributed by atoms with Gasteiger partial charge >= 0.3 is 12.4 Å². The summed E-state index contributed by atoms with van der Waals surface area (Å²) in [6.45, 7) is 0.541. The zero-order valence-electron chi connectivity index (χ0n) is 16.7. The summed E-state index contributed by atoms with van der Waals surface area (Å²) in [7, 11) is 1.87. The number of likely N-dealkylation sites (N-methyl/N-ethyl adjacent to an activating group) is 1. The van der Waals surface area contributed by atoms with Crippen molar-refractivity contribution >= 4 is 11.7 Å². The molecule has 1 aliphatic rings. The molecular formula is C19H18F3N7O3. The number of hydrogen-bond acceptors (Lipinski definition) is 8. The molecule has 2 atom stereocenters. The number of hydrogen-bond donors (Lipinski definition) is 2. The molecule has 0 spiro atoms. The number of rotatable bonds is 5. The van der Waals surface area contributed by atoms with Gasteiger partial charge in [0.15, 0.2) is 0 Å². The molecule has 4 rings (SSSR count). The van der Waals surface area contributed by atoms with Gasteiger partial charge in [-0.05, 0) is 37.7 Å². The van der Waals surface area contributed by atoms with E-state index in [0.29, 0.717) is 36.1 Å². The van der Waals surface area contributed by atoms with Gasteiger partial charge in [0.25, 0.3) is 0 Å². The molecule has 1 saturated heterocycles. The monoisotopic (exact) mass is 449 g/mol. The molecule has 32 heavy (non-hydrogen) atoms. The summed E-state index contributed by atoms with van der Waals surface area (Å²) in [6, 6.07) is 3.98. The molecule has 0 bridgehead atoms. The van der Waals surface area contributed by atoms with Gasteiger partial charge in [-0.3, -0.25) is 9.88 Å². The average molecular weight is 449 g/mol. The smallest absolute Gasteiger partial charge is 0.406 e. The summed E-state index contributed by atoms with van der Waals surface area (Å²) in [5.74, 6) is 0.357. The maximum atomic E-state index is 12.3. The molecular weight excluding hydrogens is 431 g/mol. The summed E-state index contributed by atoms with van der Waals surface area (Å²) in [6.07, 6.45) is 0.364. The molecule has 3 aromatic rings. The molecule has 0 radical (unpaired) electrons. The van der Waals surface area contributed by atoms with E-state index in [4.69, 9.17) is 4.52 Å². The molecule has 13 heteroatoms. The minimum Gasteiger partial charge on any atom is -0.406 e. The zero-order valence-corrected chi connectivity index (χ0v) is 16.7. The predicted octanol–water partition coefficient (Wildman–Crippen LogP) is 2.99. The SMILES string of the molecule is CN1CC(NC(=O)Nc2ccc(OC(F)(F)F)cc2)CC1c1nc(-c2cnccn2)no1. The third-order valence-electron chi connectivity index (χ3n) is 4.75. The lowest BCUT2D eigenvalue weighted by molar-refractivity contribution is -0.274. The highest BCUT2D eigenvalue weighted by Crippen LogP contribution is 2.30. The summed E-state index contributed by atoms with van der Waals surface area (Å²) in [5, 5.41) is 9.36. The van der Waals surface area contributed by atoms with Crippen LogP contribution in [0.4, 0.5) is 23.7 Å². The van der Waals surface area contributed by atoms with Crippen LogP contribution in [0.15, 0.2) is 47.4 Å². The van der Waals surface area contributed by atoms with E-state index in [-0.39, 0.29) is 17.8 Å². The van der Waals surface area contributed by atoms with E-state index < -0.39 is 12.4 Å². The Balaban J connectivity index is 1.32. The third-order valence-corrected chi connectivity index (χ3v) is 4.75. The van der Waals surface area contributed by atoms with Crippen molar-refractivity contribution in [1.29, 1.82) is 0 Å². The molecule has 3 heterocycles. The highest BCUT2D eigenvalue weighted by atomic mass is 19.4. The summed E-state index contributed by atoms with van der Waals surface area (Å²) in [4.78, 5) is 26.8. The van der Waals surface area contributed by atoms with Crippen molar-refractivity contribution in [2.75, 3.05) is 18.9 Å². The molecule has 1 aliphatic heterocycles. The van der Waals surface area contributed by atoms with Crippen molar-refractivity contribution in [3.8, 4) is 17.3 Å². The minimum absolute atomic E-state index is 0.197. The Morgan fingerprint density at radius 1 is 1.25 bits per heavy atom. The van der Waals surface area contributed by atoms with Gasteiger partial charge in [0.2, 0.25) is 11.7 Å². The number of anilines is 1. The normalized spacial score (nSPS) is 19.0. The van der Waals surface area contributed by atoms with Crippen molar-refractivity contribution in [1.82, 2.24) is 30.3 Å². The fourth-order valence-corrected chi connectivity index (χ4v) is 3.37. The van der Waals surface area contributed by atoms with Gasteiger partial charge in [0.1, 0.15) is 11.4 Å². The number of benzene rings is 1. The van der Waals surface area contributed by atoms with E-state index in [1.165, 1.54) is 24.5 Å². The molecule has 1 aromatic carbocycles. The average Bonchev–Trinajstić information content (AvgIpc) is 3.35. The lowest BCUT2D eigenvalue weighted by atomic mass is 10.1. The van der Waals surface area contributed by atoms with Crippen molar-refractivity contribution < 1.29 is 27.2 Å². The number of carbonyl (C=O) groups is 1. The number of nitrogens with zero attached hydrogens (tertiary/aromatic N) is 5.